The van der Waals surface area contributed by atoms with Gasteiger partial charge in [0.05, 0.1) is 16.6 Å². The second-order valence-corrected chi connectivity index (χ2v) is 5.03. The van der Waals surface area contributed by atoms with Crippen LogP contribution in [-0.2, 0) is 0 Å². The number of rotatable bonds is 5. The summed E-state index contributed by atoms with van der Waals surface area (Å²) < 4.78 is 13.8. The Morgan fingerprint density at radius 2 is 2.05 bits per heavy atom. The van der Waals surface area contributed by atoms with Gasteiger partial charge in [0.2, 0.25) is 0 Å². The number of aromatic carboxylic acids is 1. The molecule has 2 aromatic rings. The van der Waals surface area contributed by atoms with E-state index >= 15 is 0 Å². The Bertz CT molecular complexity index is 660. The summed E-state index contributed by atoms with van der Waals surface area (Å²) in [6.45, 7) is 1.93. The van der Waals surface area contributed by atoms with Crippen molar-refractivity contribution in [1.29, 1.82) is 0 Å². The minimum Gasteiger partial charge on any atom is -0.478 e. The van der Waals surface area contributed by atoms with Crippen molar-refractivity contribution < 1.29 is 14.3 Å². The SMILES string of the molecule is CCC(Nc1ccc(Cl)c(C(=O)O)c1)c1ccccc1F. The second kappa shape index (κ2) is 6.59. The summed E-state index contributed by atoms with van der Waals surface area (Å²) in [5.74, 6) is -1.38. The fourth-order valence-corrected chi connectivity index (χ4v) is 2.34. The molecular formula is C16H15ClFNO2. The maximum absolute atomic E-state index is 13.8. The number of carboxylic acids is 1. The van der Waals surface area contributed by atoms with Gasteiger partial charge >= 0.3 is 5.97 Å². The van der Waals surface area contributed by atoms with Gasteiger partial charge in [-0.2, -0.15) is 0 Å². The van der Waals surface area contributed by atoms with Crippen molar-refractivity contribution in [2.75, 3.05) is 5.32 Å². The number of anilines is 1. The van der Waals surface area contributed by atoms with E-state index in [1.165, 1.54) is 18.2 Å². The van der Waals surface area contributed by atoms with Crippen LogP contribution in [0.25, 0.3) is 0 Å². The number of hydrogen-bond acceptors (Lipinski definition) is 2. The highest BCUT2D eigenvalue weighted by molar-refractivity contribution is 6.33. The van der Waals surface area contributed by atoms with Gasteiger partial charge in [-0.3, -0.25) is 0 Å². The second-order valence-electron chi connectivity index (χ2n) is 4.63. The van der Waals surface area contributed by atoms with Gasteiger partial charge in [-0.15, -0.1) is 0 Å². The third-order valence-electron chi connectivity index (χ3n) is 3.23. The summed E-state index contributed by atoms with van der Waals surface area (Å²) in [6.07, 6.45) is 0.659. The summed E-state index contributed by atoms with van der Waals surface area (Å²) >= 11 is 5.84. The van der Waals surface area contributed by atoms with Gasteiger partial charge in [-0.05, 0) is 30.7 Å². The van der Waals surface area contributed by atoms with Crippen molar-refractivity contribution in [3.05, 3.63) is 64.4 Å². The standard InChI is InChI=1S/C16H15ClFNO2/c1-2-15(11-5-3-4-6-14(11)18)19-10-7-8-13(17)12(9-10)16(20)21/h3-9,15,19H,2H2,1H3,(H,20,21). The Morgan fingerprint density at radius 3 is 2.67 bits per heavy atom. The molecule has 0 saturated heterocycles. The molecule has 0 fully saturated rings. The molecule has 0 spiro atoms. The lowest BCUT2D eigenvalue weighted by molar-refractivity contribution is 0.0697. The van der Waals surface area contributed by atoms with Crippen molar-refractivity contribution in [3.8, 4) is 0 Å². The van der Waals surface area contributed by atoms with Crippen LogP contribution in [0.3, 0.4) is 0 Å². The quantitative estimate of drug-likeness (QED) is 0.838. The molecule has 0 aliphatic heterocycles. The van der Waals surface area contributed by atoms with Crippen molar-refractivity contribution in [3.63, 3.8) is 0 Å². The van der Waals surface area contributed by atoms with Gasteiger partial charge in [-0.1, -0.05) is 36.7 Å². The van der Waals surface area contributed by atoms with E-state index < -0.39 is 5.97 Å². The van der Waals surface area contributed by atoms with Crippen LogP contribution in [0.5, 0.6) is 0 Å². The zero-order chi connectivity index (χ0) is 15.4. The largest absolute Gasteiger partial charge is 0.478 e. The van der Waals surface area contributed by atoms with E-state index in [-0.39, 0.29) is 22.4 Å². The molecular weight excluding hydrogens is 293 g/mol. The predicted molar refractivity (Wildman–Crippen MR) is 81.5 cm³/mol. The van der Waals surface area contributed by atoms with Gasteiger partial charge in [0.15, 0.2) is 0 Å². The van der Waals surface area contributed by atoms with E-state index in [0.29, 0.717) is 17.7 Å². The van der Waals surface area contributed by atoms with Crippen molar-refractivity contribution in [2.45, 2.75) is 19.4 Å². The molecule has 0 radical (unpaired) electrons. The molecule has 21 heavy (non-hydrogen) atoms. The first-order chi connectivity index (χ1) is 10.0. The van der Waals surface area contributed by atoms with Gasteiger partial charge < -0.3 is 10.4 Å². The number of halogens is 2. The van der Waals surface area contributed by atoms with E-state index in [4.69, 9.17) is 16.7 Å². The fourth-order valence-electron chi connectivity index (χ4n) is 2.14. The average molecular weight is 308 g/mol. The third-order valence-corrected chi connectivity index (χ3v) is 3.56. The highest BCUT2D eigenvalue weighted by Gasteiger charge is 2.15. The van der Waals surface area contributed by atoms with Crippen LogP contribution < -0.4 is 5.32 Å². The normalized spacial score (nSPS) is 12.0. The van der Waals surface area contributed by atoms with E-state index in [2.05, 4.69) is 5.32 Å². The van der Waals surface area contributed by atoms with Gasteiger partial charge in [0, 0.05) is 11.3 Å². The molecule has 0 amide bonds. The zero-order valence-corrected chi connectivity index (χ0v) is 12.2. The maximum Gasteiger partial charge on any atom is 0.337 e. The first kappa shape index (κ1) is 15.3. The van der Waals surface area contributed by atoms with E-state index in [1.807, 2.05) is 6.92 Å². The number of hydrogen-bond donors (Lipinski definition) is 2. The van der Waals surface area contributed by atoms with Crippen LogP contribution >= 0.6 is 11.6 Å². The molecule has 0 aliphatic rings. The van der Waals surface area contributed by atoms with Gasteiger partial charge in [0.25, 0.3) is 0 Å². The first-order valence-corrected chi connectivity index (χ1v) is 6.94. The summed E-state index contributed by atoms with van der Waals surface area (Å²) in [6, 6.07) is 10.9. The van der Waals surface area contributed by atoms with Crippen LogP contribution in [-0.4, -0.2) is 11.1 Å². The molecule has 0 heterocycles. The fraction of sp³-hybridized carbons (Fsp3) is 0.188. The molecule has 1 unspecified atom stereocenters. The highest BCUT2D eigenvalue weighted by Crippen LogP contribution is 2.27. The number of carboxylic acid groups (broad SMARTS) is 1. The third kappa shape index (κ3) is 3.52. The van der Waals surface area contributed by atoms with Crippen molar-refractivity contribution in [1.82, 2.24) is 0 Å². The molecule has 5 heteroatoms. The molecule has 0 aliphatic carbocycles. The topological polar surface area (TPSA) is 49.3 Å². The van der Waals surface area contributed by atoms with Gasteiger partial charge in [-0.25, -0.2) is 9.18 Å². The van der Waals surface area contributed by atoms with E-state index in [1.54, 1.807) is 24.3 Å². The molecule has 1 atom stereocenters. The van der Waals surface area contributed by atoms with Crippen LogP contribution in [0.4, 0.5) is 10.1 Å². The summed E-state index contributed by atoms with van der Waals surface area (Å²) in [7, 11) is 0. The lowest BCUT2D eigenvalue weighted by atomic mass is 10.0. The van der Waals surface area contributed by atoms with Crippen molar-refractivity contribution >= 4 is 23.3 Å². The Morgan fingerprint density at radius 1 is 1.33 bits per heavy atom. The average Bonchev–Trinajstić information content (AvgIpc) is 2.47. The smallest absolute Gasteiger partial charge is 0.337 e. The molecule has 2 N–H and O–H groups in total. The van der Waals surface area contributed by atoms with Crippen LogP contribution in [0.1, 0.15) is 35.3 Å². The first-order valence-electron chi connectivity index (χ1n) is 6.56. The monoisotopic (exact) mass is 307 g/mol. The number of benzene rings is 2. The summed E-state index contributed by atoms with van der Waals surface area (Å²) in [4.78, 5) is 11.1. The number of carbonyl (C=O) groups is 1. The summed E-state index contributed by atoms with van der Waals surface area (Å²) in [5, 5.41) is 12.4. The summed E-state index contributed by atoms with van der Waals surface area (Å²) in [5.41, 5.74) is 1.16. The molecule has 0 saturated carbocycles. The van der Waals surface area contributed by atoms with E-state index in [9.17, 15) is 9.18 Å². The highest BCUT2D eigenvalue weighted by atomic mass is 35.5. The van der Waals surface area contributed by atoms with Gasteiger partial charge in [0.1, 0.15) is 5.82 Å². The molecule has 0 aromatic heterocycles. The van der Waals surface area contributed by atoms with E-state index in [0.717, 1.165) is 0 Å². The lowest BCUT2D eigenvalue weighted by Gasteiger charge is -2.19. The zero-order valence-electron chi connectivity index (χ0n) is 11.4. The Labute approximate surface area is 127 Å². The maximum atomic E-state index is 13.8. The van der Waals surface area contributed by atoms with Crippen LogP contribution in [0, 0.1) is 5.82 Å². The predicted octanol–water partition coefficient (Wildman–Crippen LogP) is 4.74. The Balaban J connectivity index is 2.29. The molecule has 3 nitrogen and oxygen atoms in total. The molecule has 2 rings (SSSR count). The molecule has 110 valence electrons. The molecule has 0 bridgehead atoms. The number of nitrogens with one attached hydrogen (secondary N) is 1. The van der Waals surface area contributed by atoms with Crippen LogP contribution in [0.15, 0.2) is 42.5 Å². The van der Waals surface area contributed by atoms with Crippen molar-refractivity contribution in [2.24, 2.45) is 0 Å². The lowest BCUT2D eigenvalue weighted by Crippen LogP contribution is -2.12. The Hall–Kier alpha value is -2.07. The Kier molecular flexibility index (Phi) is 4.81. The van der Waals surface area contributed by atoms with Crippen LogP contribution in [0.2, 0.25) is 5.02 Å². The minimum atomic E-state index is -1.09. The molecule has 2 aromatic carbocycles. The minimum absolute atomic E-state index is 0.0186.